The third-order valence-corrected chi connectivity index (χ3v) is 20.5. The molecule has 10 rings (SSSR count). The van der Waals surface area contributed by atoms with Crippen molar-refractivity contribution in [2.75, 3.05) is 86.6 Å². The van der Waals surface area contributed by atoms with Gasteiger partial charge in [0.1, 0.15) is 23.9 Å². The first-order chi connectivity index (χ1) is 51.7. The minimum atomic E-state index is -4.19. The van der Waals surface area contributed by atoms with Crippen molar-refractivity contribution in [1.29, 1.82) is 0 Å². The first-order valence-electron chi connectivity index (χ1n) is 35.7. The SMILES string of the molecule is CCCNC(=O)Nc1cccc(S(=O)(=O)Nc2cccc([C@@H](CC(=O)O)NC(=O)Nc3ccc(NC(=O)NCCOCCOCCOCCC(=O)N[C@@H](CC(=O)O)C(=O)N4CCC[C@H]4C(=O)N[C@H](C(=O)O[C@]4(CC)COCc5c4cc4n(c5=O)Cc5c-4nc4cc(F)c(C)c6c4c5[C@@H](N)CC6)C(C)C)cc3)c2)c1. The molecule has 6 aromatic rings. The lowest BCUT2D eigenvalue weighted by molar-refractivity contribution is -0.178. The van der Waals surface area contributed by atoms with Crippen LogP contribution in [0.15, 0.2) is 94.6 Å². The Balaban J connectivity index is 0.614. The number of aromatic nitrogens is 2. The van der Waals surface area contributed by atoms with Crippen molar-refractivity contribution in [3.8, 4) is 11.4 Å². The van der Waals surface area contributed by atoms with Crippen molar-refractivity contribution in [2.24, 2.45) is 11.7 Å². The van der Waals surface area contributed by atoms with Crippen LogP contribution in [0.25, 0.3) is 22.3 Å². The number of carboxylic acids is 2. The summed E-state index contributed by atoms with van der Waals surface area (Å²) in [7, 11) is -4.19. The molecular formula is C74H90FN13O19S. The van der Waals surface area contributed by atoms with E-state index >= 15 is 4.39 Å². The number of ether oxygens (including phenoxy) is 5. The monoisotopic (exact) mass is 1520 g/mol. The molecule has 1 saturated heterocycles. The zero-order valence-electron chi connectivity index (χ0n) is 60.4. The topological polar surface area (TPSA) is 447 Å². The second-order valence-corrected chi connectivity index (χ2v) is 28.7. The van der Waals surface area contributed by atoms with E-state index in [1.54, 1.807) is 38.3 Å². The van der Waals surface area contributed by atoms with Crippen molar-refractivity contribution < 1.29 is 89.9 Å². The molecule has 0 saturated carbocycles. The van der Waals surface area contributed by atoms with Gasteiger partial charge in [0.2, 0.25) is 17.7 Å². The number of hydrogen-bond acceptors (Lipinski definition) is 19. The van der Waals surface area contributed by atoms with Gasteiger partial charge >= 0.3 is 36.0 Å². The third-order valence-electron chi connectivity index (χ3n) is 19.1. The molecule has 4 aromatic carbocycles. The number of rotatable bonds is 34. The number of nitrogens with two attached hydrogens (primary N) is 1. The van der Waals surface area contributed by atoms with Gasteiger partial charge in [-0.2, -0.15) is 0 Å². The summed E-state index contributed by atoms with van der Waals surface area (Å²) in [6, 6.07) is 13.4. The Morgan fingerprint density at radius 2 is 1.41 bits per heavy atom. The smallest absolute Gasteiger partial charge is 0.329 e. The first kappa shape index (κ1) is 79.9. The summed E-state index contributed by atoms with van der Waals surface area (Å²) in [6.45, 7) is 9.93. The van der Waals surface area contributed by atoms with E-state index in [0.29, 0.717) is 71.6 Å². The van der Waals surface area contributed by atoms with E-state index in [1.165, 1.54) is 83.8 Å². The number of amides is 9. The fraction of sp³-hybridized carbons (Fsp3) is 0.446. The van der Waals surface area contributed by atoms with Crippen molar-refractivity contribution >= 4 is 97.4 Å². The maximum Gasteiger partial charge on any atom is 0.329 e. The number of nitrogens with zero attached hydrogens (tertiary/aromatic N) is 3. The highest BCUT2D eigenvalue weighted by atomic mass is 32.2. The Morgan fingerprint density at radius 1 is 0.750 bits per heavy atom. The largest absolute Gasteiger partial charge is 0.481 e. The standard InChI is InChI=1S/C74H90FN13O19S/c1-6-23-77-71(98)81-46-12-9-14-48(33-46)108(101,102)86-47-13-8-11-43(32-47)55(36-61(90)91)84-73(100)80-45-18-16-44(17-19-45)79-72(99)78-24-27-104-29-31-105-30-28-103-26-22-60(89)82-57(37-62(92)93)69(96)87-25-10-15-58(87)67(94)85-65(41(3)4)70(97)107-74(7-2)40-106-39-51-52(74)34-59-66-50(38-88(59)68(51)95)63-54(76)21-20-49-42(5)53(75)35-56(83-66)64(49)63/h8-9,11-14,16-19,32-35,41,54-55,57-58,65,86H,6-7,10,15,20-31,36-40,76H2,1-5H3,(H,82,89)(H,85,94)(H,90,91)(H,92,93)(H2,77,81,98)(H2,78,79,99)(H2,80,84,100)/t54-,55+,57-,58-,65-,74+/m0/s1. The van der Waals surface area contributed by atoms with E-state index in [9.17, 15) is 66.6 Å². The van der Waals surface area contributed by atoms with E-state index in [0.717, 1.165) is 22.1 Å². The molecule has 3 aliphatic heterocycles. The Bertz CT molecular complexity index is 4580. The number of urea groups is 3. The number of nitrogens with one attached hydrogen (secondary N) is 9. The van der Waals surface area contributed by atoms with Gasteiger partial charge in [-0.1, -0.05) is 45.9 Å². The number of fused-ring (bicyclic) bond motifs is 5. The van der Waals surface area contributed by atoms with Crippen LogP contribution < -0.4 is 58.5 Å². The van der Waals surface area contributed by atoms with Crippen LogP contribution in [-0.2, 0) is 87.6 Å². The van der Waals surface area contributed by atoms with Gasteiger partial charge in [0.05, 0.1) is 106 Å². The molecule has 4 aliphatic rings. The molecule has 0 bridgehead atoms. The van der Waals surface area contributed by atoms with Crippen LogP contribution in [0.1, 0.15) is 130 Å². The number of benzene rings is 4. The number of aryl methyl sites for hydroxylation is 1. The molecule has 578 valence electrons. The van der Waals surface area contributed by atoms with Gasteiger partial charge in [0.25, 0.3) is 15.6 Å². The van der Waals surface area contributed by atoms with Crippen LogP contribution in [0.5, 0.6) is 0 Å². The molecule has 6 atom stereocenters. The number of likely N-dealkylation sites (tertiary alicyclic amines) is 1. The second-order valence-electron chi connectivity index (χ2n) is 27.0. The number of carbonyl (C=O) groups is 9. The Morgan fingerprint density at radius 3 is 2.09 bits per heavy atom. The average Bonchev–Trinajstić information content (AvgIpc) is 1.49. The Labute approximate surface area is 621 Å². The maximum atomic E-state index is 15.3. The van der Waals surface area contributed by atoms with Gasteiger partial charge < -0.3 is 91.6 Å². The lowest BCUT2D eigenvalue weighted by atomic mass is 9.82. The van der Waals surface area contributed by atoms with Crippen molar-refractivity contribution in [1.82, 2.24) is 41.0 Å². The summed E-state index contributed by atoms with van der Waals surface area (Å²) in [6.07, 6.45) is 0.972. The van der Waals surface area contributed by atoms with E-state index in [2.05, 4.69) is 47.3 Å². The zero-order chi connectivity index (χ0) is 77.6. The van der Waals surface area contributed by atoms with E-state index in [4.69, 9.17) is 34.4 Å². The second kappa shape index (κ2) is 35.8. The van der Waals surface area contributed by atoms with Gasteiger partial charge in [0.15, 0.2) is 5.60 Å². The van der Waals surface area contributed by atoms with Gasteiger partial charge in [-0.3, -0.25) is 33.5 Å². The van der Waals surface area contributed by atoms with Crippen LogP contribution in [0.3, 0.4) is 0 Å². The molecule has 2 aromatic heterocycles. The number of sulfonamides is 1. The Kier molecular flexibility index (Phi) is 26.5. The molecule has 9 amide bonds. The van der Waals surface area contributed by atoms with Gasteiger partial charge in [-0.25, -0.2) is 37.0 Å². The summed E-state index contributed by atoms with van der Waals surface area (Å²) < 4.78 is 75.1. The summed E-state index contributed by atoms with van der Waals surface area (Å²) in [5, 5.41) is 41.3. The van der Waals surface area contributed by atoms with Crippen molar-refractivity contribution in [3.63, 3.8) is 0 Å². The van der Waals surface area contributed by atoms with Crippen molar-refractivity contribution in [3.05, 3.63) is 140 Å². The Hall–Kier alpha value is -10.7. The number of carboxylic acid groups (broad SMARTS) is 2. The number of esters is 1. The molecule has 0 spiro atoms. The first-order valence-corrected chi connectivity index (χ1v) is 37.2. The summed E-state index contributed by atoms with van der Waals surface area (Å²) in [4.78, 5) is 138. The van der Waals surface area contributed by atoms with E-state index in [-0.39, 0.29) is 137 Å². The minimum absolute atomic E-state index is 0.0575. The predicted octanol–water partition coefficient (Wildman–Crippen LogP) is 6.52. The van der Waals surface area contributed by atoms with Crippen molar-refractivity contribution in [2.45, 2.75) is 146 Å². The molecule has 0 unspecified atom stereocenters. The highest BCUT2D eigenvalue weighted by molar-refractivity contribution is 7.92. The minimum Gasteiger partial charge on any atom is -0.481 e. The molecule has 108 heavy (non-hydrogen) atoms. The summed E-state index contributed by atoms with van der Waals surface area (Å²) in [5.74, 6) is -6.60. The van der Waals surface area contributed by atoms with Crippen LogP contribution in [0.4, 0.5) is 41.5 Å². The number of halogens is 1. The number of carbonyl (C=O) groups excluding carboxylic acids is 7. The highest BCUT2D eigenvalue weighted by Gasteiger charge is 2.47. The maximum absolute atomic E-state index is 15.3. The van der Waals surface area contributed by atoms with Gasteiger partial charge in [0, 0.05) is 77.4 Å². The quantitative estimate of drug-likeness (QED) is 0.0151. The number of pyridine rings is 2. The predicted molar refractivity (Wildman–Crippen MR) is 393 cm³/mol. The normalized spacial score (nSPS) is 17.1. The molecule has 5 heterocycles. The zero-order valence-corrected chi connectivity index (χ0v) is 61.3. The van der Waals surface area contributed by atoms with Crippen LogP contribution >= 0.6 is 0 Å². The molecule has 13 N–H and O–H groups in total. The molecule has 32 nitrogen and oxygen atoms in total. The average molecular weight is 1520 g/mol. The molecule has 1 fully saturated rings. The fourth-order valence-electron chi connectivity index (χ4n) is 13.6. The number of aliphatic carboxylic acids is 2. The van der Waals surface area contributed by atoms with Crippen LogP contribution in [-0.4, -0.2) is 171 Å². The molecule has 1 aliphatic carbocycles. The van der Waals surface area contributed by atoms with E-state index in [1.807, 2.05) is 6.92 Å². The van der Waals surface area contributed by atoms with Crippen LogP contribution in [0, 0.1) is 18.7 Å². The number of hydrogen-bond donors (Lipinski definition) is 12. The summed E-state index contributed by atoms with van der Waals surface area (Å²) in [5.41, 5.74) is 11.2. The lowest BCUT2D eigenvalue weighted by Gasteiger charge is -2.39. The van der Waals surface area contributed by atoms with Gasteiger partial charge in [-0.05, 0) is 134 Å². The number of anilines is 4. The molecule has 34 heteroatoms. The molecule has 0 radical (unpaired) electrons. The van der Waals surface area contributed by atoms with E-state index < -0.39 is 112 Å². The third kappa shape index (κ3) is 19.4. The molecular weight excluding hydrogens is 1430 g/mol. The fourth-order valence-corrected chi connectivity index (χ4v) is 14.7. The van der Waals surface area contributed by atoms with Gasteiger partial charge in [-0.15, -0.1) is 0 Å². The summed E-state index contributed by atoms with van der Waals surface area (Å²) >= 11 is 0. The lowest BCUT2D eigenvalue weighted by Crippen LogP contribution is -2.57. The highest BCUT2D eigenvalue weighted by Crippen LogP contribution is 2.46. The van der Waals surface area contributed by atoms with Crippen LogP contribution in [0.2, 0.25) is 0 Å².